The molecule has 0 radical (unpaired) electrons. The molecule has 0 atom stereocenters. The first kappa shape index (κ1) is 19.1. The normalized spacial score (nSPS) is 15.0. The maximum atomic E-state index is 13.8. The van der Waals surface area contributed by atoms with Gasteiger partial charge in [0.1, 0.15) is 5.82 Å². The number of rotatable bonds is 2. The van der Waals surface area contributed by atoms with E-state index < -0.39 is 5.82 Å². The fourth-order valence-electron chi connectivity index (χ4n) is 3.21. The lowest BCUT2D eigenvalue weighted by atomic mass is 9.86. The molecule has 1 heterocycles. The molecule has 2 aromatic carbocycles. The molecule has 27 heavy (non-hydrogen) atoms. The third-order valence-corrected chi connectivity index (χ3v) is 4.96. The summed E-state index contributed by atoms with van der Waals surface area (Å²) in [5.74, 6) is -0.872. The largest absolute Gasteiger partial charge is 0.335 e. The topological polar surface area (TPSA) is 40.6 Å². The van der Waals surface area contributed by atoms with E-state index in [2.05, 4.69) is 20.8 Å². The van der Waals surface area contributed by atoms with Crippen molar-refractivity contribution in [3.05, 3.63) is 71.0 Å². The molecule has 0 aliphatic carbocycles. The number of nitrogens with zero attached hydrogens (tertiary/aromatic N) is 2. The summed E-state index contributed by atoms with van der Waals surface area (Å²) in [6, 6.07) is 13.7. The Morgan fingerprint density at radius 2 is 1.33 bits per heavy atom. The summed E-state index contributed by atoms with van der Waals surface area (Å²) < 4.78 is 13.8. The van der Waals surface area contributed by atoms with Crippen LogP contribution in [0.2, 0.25) is 0 Å². The van der Waals surface area contributed by atoms with Gasteiger partial charge in [0.05, 0.1) is 5.56 Å². The van der Waals surface area contributed by atoms with E-state index in [1.54, 1.807) is 21.9 Å². The molecule has 0 N–H and O–H groups in total. The van der Waals surface area contributed by atoms with Gasteiger partial charge in [0.2, 0.25) is 0 Å². The van der Waals surface area contributed by atoms with Crippen molar-refractivity contribution in [1.82, 2.24) is 9.80 Å². The first-order chi connectivity index (χ1) is 12.8. The summed E-state index contributed by atoms with van der Waals surface area (Å²) in [6.07, 6.45) is 0. The van der Waals surface area contributed by atoms with E-state index in [0.29, 0.717) is 31.7 Å². The fraction of sp³-hybridized carbons (Fsp3) is 0.364. The third-order valence-electron chi connectivity index (χ3n) is 4.96. The SMILES string of the molecule is CC(C)(C)c1ccc(C(=O)N2CCN(C(=O)c3ccccc3F)CC2)cc1. The van der Waals surface area contributed by atoms with Gasteiger partial charge in [-0.25, -0.2) is 4.39 Å². The quantitative estimate of drug-likeness (QED) is 0.811. The van der Waals surface area contributed by atoms with Crippen LogP contribution in [0.1, 0.15) is 47.1 Å². The number of carbonyl (C=O) groups excluding carboxylic acids is 2. The minimum atomic E-state index is -0.514. The predicted molar refractivity (Wildman–Crippen MR) is 103 cm³/mol. The minimum Gasteiger partial charge on any atom is -0.335 e. The van der Waals surface area contributed by atoms with Crippen LogP contribution in [0.4, 0.5) is 4.39 Å². The van der Waals surface area contributed by atoms with Gasteiger partial charge < -0.3 is 9.80 Å². The zero-order valence-corrected chi connectivity index (χ0v) is 16.0. The first-order valence-corrected chi connectivity index (χ1v) is 9.21. The fourth-order valence-corrected chi connectivity index (χ4v) is 3.21. The van der Waals surface area contributed by atoms with E-state index in [1.165, 1.54) is 17.7 Å². The highest BCUT2D eigenvalue weighted by molar-refractivity contribution is 5.96. The Hall–Kier alpha value is -2.69. The lowest BCUT2D eigenvalue weighted by molar-refractivity contribution is 0.0533. The number of hydrogen-bond donors (Lipinski definition) is 0. The highest BCUT2D eigenvalue weighted by Crippen LogP contribution is 2.23. The zero-order valence-electron chi connectivity index (χ0n) is 16.0. The molecule has 0 unspecified atom stereocenters. The molecule has 1 aliphatic rings. The Morgan fingerprint density at radius 1 is 0.815 bits per heavy atom. The van der Waals surface area contributed by atoms with Gasteiger partial charge in [-0.05, 0) is 35.2 Å². The number of hydrogen-bond acceptors (Lipinski definition) is 2. The molecule has 4 nitrogen and oxygen atoms in total. The van der Waals surface area contributed by atoms with Crippen LogP contribution in [0.25, 0.3) is 0 Å². The van der Waals surface area contributed by atoms with Gasteiger partial charge in [0.25, 0.3) is 11.8 Å². The highest BCUT2D eigenvalue weighted by atomic mass is 19.1. The summed E-state index contributed by atoms with van der Waals surface area (Å²) in [4.78, 5) is 28.6. The summed E-state index contributed by atoms with van der Waals surface area (Å²) in [7, 11) is 0. The monoisotopic (exact) mass is 368 g/mol. The van der Waals surface area contributed by atoms with Crippen molar-refractivity contribution in [3.8, 4) is 0 Å². The van der Waals surface area contributed by atoms with E-state index in [-0.39, 0.29) is 22.8 Å². The molecule has 2 aromatic rings. The highest BCUT2D eigenvalue weighted by Gasteiger charge is 2.26. The number of piperazine rings is 1. The van der Waals surface area contributed by atoms with Crippen LogP contribution in [0.15, 0.2) is 48.5 Å². The molecule has 1 saturated heterocycles. The second-order valence-corrected chi connectivity index (χ2v) is 7.89. The van der Waals surface area contributed by atoms with E-state index in [4.69, 9.17) is 0 Å². The molecule has 0 bridgehead atoms. The van der Waals surface area contributed by atoms with Gasteiger partial charge >= 0.3 is 0 Å². The molecule has 0 saturated carbocycles. The smallest absolute Gasteiger partial charge is 0.256 e. The first-order valence-electron chi connectivity index (χ1n) is 9.21. The van der Waals surface area contributed by atoms with Crippen molar-refractivity contribution in [2.24, 2.45) is 0 Å². The van der Waals surface area contributed by atoms with E-state index in [9.17, 15) is 14.0 Å². The maximum Gasteiger partial charge on any atom is 0.256 e. The van der Waals surface area contributed by atoms with Crippen molar-refractivity contribution >= 4 is 11.8 Å². The lowest BCUT2D eigenvalue weighted by Gasteiger charge is -2.35. The number of benzene rings is 2. The van der Waals surface area contributed by atoms with Crippen molar-refractivity contribution in [2.75, 3.05) is 26.2 Å². The molecule has 1 fully saturated rings. The second kappa shape index (κ2) is 7.51. The van der Waals surface area contributed by atoms with Crippen molar-refractivity contribution in [2.45, 2.75) is 26.2 Å². The second-order valence-electron chi connectivity index (χ2n) is 7.89. The summed E-state index contributed by atoms with van der Waals surface area (Å²) in [6.45, 7) is 8.10. The van der Waals surface area contributed by atoms with Gasteiger partial charge in [-0.2, -0.15) is 0 Å². The predicted octanol–water partition coefficient (Wildman–Crippen LogP) is 3.72. The van der Waals surface area contributed by atoms with Gasteiger partial charge in [0, 0.05) is 31.7 Å². The lowest BCUT2D eigenvalue weighted by Crippen LogP contribution is -2.50. The van der Waals surface area contributed by atoms with E-state index in [0.717, 1.165) is 0 Å². The molecule has 3 rings (SSSR count). The molecular formula is C22H25FN2O2. The average molecular weight is 368 g/mol. The number of amides is 2. The zero-order chi connectivity index (χ0) is 19.6. The maximum absolute atomic E-state index is 13.8. The van der Waals surface area contributed by atoms with Crippen LogP contribution in [0.5, 0.6) is 0 Å². The standard InChI is InChI=1S/C22H25FN2O2/c1-22(2,3)17-10-8-16(9-11-17)20(26)24-12-14-25(15-13-24)21(27)18-6-4-5-7-19(18)23/h4-11H,12-15H2,1-3H3. The minimum absolute atomic E-state index is 0.0338. The van der Waals surface area contributed by atoms with Gasteiger partial charge in [-0.15, -0.1) is 0 Å². The summed E-state index contributed by atoms with van der Waals surface area (Å²) in [5, 5.41) is 0. The van der Waals surface area contributed by atoms with Crippen molar-refractivity contribution < 1.29 is 14.0 Å². The number of halogens is 1. The van der Waals surface area contributed by atoms with E-state index in [1.807, 2.05) is 24.3 Å². The van der Waals surface area contributed by atoms with Crippen LogP contribution in [-0.2, 0) is 5.41 Å². The van der Waals surface area contributed by atoms with Crippen molar-refractivity contribution in [3.63, 3.8) is 0 Å². The van der Waals surface area contributed by atoms with Crippen LogP contribution < -0.4 is 0 Å². The van der Waals surface area contributed by atoms with Gasteiger partial charge in [-0.1, -0.05) is 45.0 Å². The molecule has 0 spiro atoms. The molecule has 142 valence electrons. The molecule has 5 heteroatoms. The Kier molecular flexibility index (Phi) is 5.31. The van der Waals surface area contributed by atoms with Gasteiger partial charge in [0.15, 0.2) is 0 Å². The van der Waals surface area contributed by atoms with Crippen LogP contribution in [0.3, 0.4) is 0 Å². The van der Waals surface area contributed by atoms with E-state index >= 15 is 0 Å². The molecule has 1 aliphatic heterocycles. The Bertz CT molecular complexity index is 832. The molecule has 2 amide bonds. The summed E-state index contributed by atoms with van der Waals surface area (Å²) in [5.41, 5.74) is 1.95. The Labute approximate surface area is 159 Å². The molecule has 0 aromatic heterocycles. The van der Waals surface area contributed by atoms with Crippen molar-refractivity contribution in [1.29, 1.82) is 0 Å². The van der Waals surface area contributed by atoms with Crippen LogP contribution >= 0.6 is 0 Å². The Morgan fingerprint density at radius 3 is 1.85 bits per heavy atom. The summed E-state index contributed by atoms with van der Waals surface area (Å²) >= 11 is 0. The van der Waals surface area contributed by atoms with Crippen LogP contribution in [-0.4, -0.2) is 47.8 Å². The number of carbonyl (C=O) groups is 2. The van der Waals surface area contributed by atoms with Crippen LogP contribution in [0, 0.1) is 5.82 Å². The molecular weight excluding hydrogens is 343 g/mol. The van der Waals surface area contributed by atoms with Gasteiger partial charge in [-0.3, -0.25) is 9.59 Å². The third kappa shape index (κ3) is 4.18. The average Bonchev–Trinajstić information content (AvgIpc) is 2.67. The Balaban J connectivity index is 1.63.